The van der Waals surface area contributed by atoms with Crippen molar-refractivity contribution in [3.63, 3.8) is 0 Å². The highest BCUT2D eigenvalue weighted by Crippen LogP contribution is 2.37. The van der Waals surface area contributed by atoms with Crippen molar-refractivity contribution in [2.75, 3.05) is 5.73 Å². The SMILES string of the molecule is Cc1nnc(-c2c(N)cccc2Cl)n1C1CCCCC1. The zero-order valence-electron chi connectivity index (χ0n) is 11.6. The average Bonchev–Trinajstić information content (AvgIpc) is 2.81. The average molecular weight is 291 g/mol. The number of nitrogens with zero attached hydrogens (tertiary/aromatic N) is 3. The lowest BCUT2D eigenvalue weighted by atomic mass is 9.95. The lowest BCUT2D eigenvalue weighted by Gasteiger charge is -2.25. The molecule has 20 heavy (non-hydrogen) atoms. The van der Waals surface area contributed by atoms with Crippen LogP contribution < -0.4 is 5.73 Å². The normalized spacial score (nSPS) is 16.5. The second-order valence-corrected chi connectivity index (χ2v) is 5.84. The van der Waals surface area contributed by atoms with Gasteiger partial charge in [0.1, 0.15) is 5.82 Å². The van der Waals surface area contributed by atoms with Crippen LogP contribution in [-0.2, 0) is 0 Å². The molecule has 0 radical (unpaired) electrons. The lowest BCUT2D eigenvalue weighted by molar-refractivity contribution is 0.350. The van der Waals surface area contributed by atoms with Crippen molar-refractivity contribution < 1.29 is 0 Å². The van der Waals surface area contributed by atoms with E-state index in [0.717, 1.165) is 17.2 Å². The maximum absolute atomic E-state index is 6.32. The fourth-order valence-electron chi connectivity index (χ4n) is 3.09. The maximum atomic E-state index is 6.32. The number of nitrogen functional groups attached to an aromatic ring is 1. The van der Waals surface area contributed by atoms with Gasteiger partial charge in [0.15, 0.2) is 5.82 Å². The topological polar surface area (TPSA) is 56.7 Å². The Morgan fingerprint density at radius 2 is 1.95 bits per heavy atom. The van der Waals surface area contributed by atoms with Crippen LogP contribution in [0.25, 0.3) is 11.4 Å². The van der Waals surface area contributed by atoms with E-state index in [-0.39, 0.29) is 0 Å². The predicted molar refractivity (Wildman–Crippen MR) is 81.7 cm³/mol. The first kappa shape index (κ1) is 13.4. The number of aromatic nitrogens is 3. The molecule has 1 aliphatic carbocycles. The van der Waals surface area contributed by atoms with Gasteiger partial charge < -0.3 is 10.3 Å². The number of hydrogen-bond acceptors (Lipinski definition) is 3. The number of halogens is 1. The number of benzene rings is 1. The Bertz CT molecular complexity index is 594. The summed E-state index contributed by atoms with van der Waals surface area (Å²) in [5, 5.41) is 9.21. The minimum absolute atomic E-state index is 0.462. The first-order valence-corrected chi connectivity index (χ1v) is 7.52. The van der Waals surface area contributed by atoms with Gasteiger partial charge in [0, 0.05) is 11.7 Å². The van der Waals surface area contributed by atoms with E-state index in [9.17, 15) is 0 Å². The van der Waals surface area contributed by atoms with Gasteiger partial charge in [0.05, 0.1) is 10.6 Å². The van der Waals surface area contributed by atoms with Gasteiger partial charge in [0.25, 0.3) is 0 Å². The summed E-state index contributed by atoms with van der Waals surface area (Å²) < 4.78 is 2.22. The van der Waals surface area contributed by atoms with Gasteiger partial charge in [-0.2, -0.15) is 0 Å². The molecule has 1 heterocycles. The van der Waals surface area contributed by atoms with Gasteiger partial charge >= 0.3 is 0 Å². The molecule has 4 nitrogen and oxygen atoms in total. The van der Waals surface area contributed by atoms with Crippen molar-refractivity contribution in [1.82, 2.24) is 14.8 Å². The number of anilines is 1. The zero-order chi connectivity index (χ0) is 14.1. The van der Waals surface area contributed by atoms with Crippen LogP contribution in [0.5, 0.6) is 0 Å². The fraction of sp³-hybridized carbons (Fsp3) is 0.467. The van der Waals surface area contributed by atoms with E-state index in [1.54, 1.807) is 0 Å². The number of hydrogen-bond donors (Lipinski definition) is 1. The van der Waals surface area contributed by atoms with Crippen LogP contribution in [0.3, 0.4) is 0 Å². The van der Waals surface area contributed by atoms with E-state index in [4.69, 9.17) is 17.3 Å². The Kier molecular flexibility index (Phi) is 3.66. The van der Waals surface area contributed by atoms with Crippen LogP contribution in [-0.4, -0.2) is 14.8 Å². The molecule has 0 unspecified atom stereocenters. The fourth-order valence-corrected chi connectivity index (χ4v) is 3.36. The number of nitrogens with two attached hydrogens (primary N) is 1. The Morgan fingerprint density at radius 1 is 1.20 bits per heavy atom. The van der Waals surface area contributed by atoms with Crippen molar-refractivity contribution in [2.24, 2.45) is 0 Å². The Hall–Kier alpha value is -1.55. The highest BCUT2D eigenvalue weighted by Gasteiger charge is 2.23. The molecule has 0 amide bonds. The third kappa shape index (κ3) is 2.29. The van der Waals surface area contributed by atoms with Crippen molar-refractivity contribution in [3.05, 3.63) is 29.0 Å². The molecule has 0 aliphatic heterocycles. The predicted octanol–water partition coefficient (Wildman–Crippen LogP) is 3.99. The van der Waals surface area contributed by atoms with E-state index in [1.807, 2.05) is 25.1 Å². The third-order valence-electron chi connectivity index (χ3n) is 4.08. The maximum Gasteiger partial charge on any atom is 0.167 e. The molecular weight excluding hydrogens is 272 g/mol. The molecule has 1 fully saturated rings. The molecule has 0 bridgehead atoms. The Balaban J connectivity index is 2.11. The van der Waals surface area contributed by atoms with E-state index in [1.165, 1.54) is 32.1 Å². The van der Waals surface area contributed by atoms with E-state index >= 15 is 0 Å². The zero-order valence-corrected chi connectivity index (χ0v) is 12.4. The van der Waals surface area contributed by atoms with E-state index in [2.05, 4.69) is 14.8 Å². The minimum Gasteiger partial charge on any atom is -0.398 e. The molecule has 1 aromatic carbocycles. The summed E-state index contributed by atoms with van der Waals surface area (Å²) in [6, 6.07) is 6.03. The quantitative estimate of drug-likeness (QED) is 0.851. The van der Waals surface area contributed by atoms with Crippen LogP contribution in [0.1, 0.15) is 44.0 Å². The second kappa shape index (κ2) is 5.44. The van der Waals surface area contributed by atoms with Crippen molar-refractivity contribution in [1.29, 1.82) is 0 Å². The Labute approximate surface area is 124 Å². The molecule has 5 heteroatoms. The third-order valence-corrected chi connectivity index (χ3v) is 4.39. The van der Waals surface area contributed by atoms with Gasteiger partial charge in [-0.1, -0.05) is 36.9 Å². The van der Waals surface area contributed by atoms with Crippen molar-refractivity contribution in [3.8, 4) is 11.4 Å². The first-order valence-electron chi connectivity index (χ1n) is 7.14. The minimum atomic E-state index is 0.462. The summed E-state index contributed by atoms with van der Waals surface area (Å²) in [6.07, 6.45) is 6.20. The standard InChI is InChI=1S/C15H19ClN4/c1-10-18-19-15(14-12(16)8-5-9-13(14)17)20(10)11-6-3-2-4-7-11/h5,8-9,11H,2-4,6-7,17H2,1H3. The molecule has 2 aromatic rings. The van der Waals surface area contributed by atoms with Crippen LogP contribution in [0.4, 0.5) is 5.69 Å². The molecule has 3 rings (SSSR count). The molecule has 0 saturated heterocycles. The van der Waals surface area contributed by atoms with Gasteiger partial charge in [-0.05, 0) is 31.9 Å². The summed E-state index contributed by atoms with van der Waals surface area (Å²) in [5.74, 6) is 1.74. The lowest BCUT2D eigenvalue weighted by Crippen LogP contribution is -2.15. The largest absolute Gasteiger partial charge is 0.398 e. The molecule has 0 atom stereocenters. The summed E-state index contributed by atoms with van der Waals surface area (Å²) in [5.41, 5.74) is 7.56. The van der Waals surface area contributed by atoms with Gasteiger partial charge in [-0.25, -0.2) is 0 Å². The van der Waals surface area contributed by atoms with Gasteiger partial charge in [-0.15, -0.1) is 10.2 Å². The summed E-state index contributed by atoms with van der Waals surface area (Å²) >= 11 is 6.32. The monoisotopic (exact) mass is 290 g/mol. The molecule has 1 aliphatic rings. The van der Waals surface area contributed by atoms with Crippen LogP contribution in [0.15, 0.2) is 18.2 Å². The summed E-state index contributed by atoms with van der Waals surface area (Å²) in [6.45, 7) is 2.00. The van der Waals surface area contributed by atoms with E-state index < -0.39 is 0 Å². The molecule has 0 spiro atoms. The number of aryl methyl sites for hydroxylation is 1. The van der Waals surface area contributed by atoms with Gasteiger partial charge in [-0.3, -0.25) is 0 Å². The molecule has 1 aromatic heterocycles. The molecule has 106 valence electrons. The highest BCUT2D eigenvalue weighted by atomic mass is 35.5. The molecule has 2 N–H and O–H groups in total. The highest BCUT2D eigenvalue weighted by molar-refractivity contribution is 6.33. The van der Waals surface area contributed by atoms with Gasteiger partial charge in [0.2, 0.25) is 0 Å². The summed E-state index contributed by atoms with van der Waals surface area (Å²) in [7, 11) is 0. The van der Waals surface area contributed by atoms with Crippen LogP contribution in [0.2, 0.25) is 5.02 Å². The first-order chi connectivity index (χ1) is 9.68. The van der Waals surface area contributed by atoms with E-state index in [0.29, 0.717) is 16.8 Å². The second-order valence-electron chi connectivity index (χ2n) is 5.44. The summed E-state index contributed by atoms with van der Waals surface area (Å²) in [4.78, 5) is 0. The Morgan fingerprint density at radius 3 is 2.65 bits per heavy atom. The van der Waals surface area contributed by atoms with Crippen molar-refractivity contribution >= 4 is 17.3 Å². The molecular formula is C15H19ClN4. The number of rotatable bonds is 2. The van der Waals surface area contributed by atoms with Crippen LogP contribution in [0, 0.1) is 6.92 Å². The smallest absolute Gasteiger partial charge is 0.167 e. The van der Waals surface area contributed by atoms with Crippen LogP contribution >= 0.6 is 11.6 Å². The van der Waals surface area contributed by atoms with Crippen molar-refractivity contribution in [2.45, 2.75) is 45.1 Å². The molecule has 1 saturated carbocycles.